The average molecular weight is 287 g/mol. The second-order valence-electron chi connectivity index (χ2n) is 5.46. The van der Waals surface area contributed by atoms with Gasteiger partial charge in [0.2, 0.25) is 0 Å². The van der Waals surface area contributed by atoms with Crippen LogP contribution < -0.4 is 5.32 Å². The van der Waals surface area contributed by atoms with E-state index in [4.69, 9.17) is 0 Å². The standard InChI is InChI=1S/C17H22FN3/c1-6-7-19-17-12(4)16(20-13(5)21-17)15-11(3)8-10(2)9-14(15)18/h8-9H,6-7H2,1-5H3,(H,19,20,21). The van der Waals surface area contributed by atoms with Crippen molar-refractivity contribution in [1.82, 2.24) is 9.97 Å². The third kappa shape index (κ3) is 3.20. The molecule has 0 spiro atoms. The number of rotatable bonds is 4. The van der Waals surface area contributed by atoms with Gasteiger partial charge in [-0.1, -0.05) is 13.0 Å². The molecule has 112 valence electrons. The molecule has 2 aromatic rings. The highest BCUT2D eigenvalue weighted by molar-refractivity contribution is 5.71. The lowest BCUT2D eigenvalue weighted by Gasteiger charge is -2.15. The van der Waals surface area contributed by atoms with Crippen LogP contribution in [0.4, 0.5) is 10.2 Å². The molecule has 0 radical (unpaired) electrons. The summed E-state index contributed by atoms with van der Waals surface area (Å²) in [5.41, 5.74) is 3.95. The molecular formula is C17H22FN3. The molecular weight excluding hydrogens is 265 g/mol. The minimum absolute atomic E-state index is 0.227. The Kier molecular flexibility index (Phi) is 4.56. The Morgan fingerprint density at radius 2 is 1.81 bits per heavy atom. The minimum atomic E-state index is -0.227. The number of benzene rings is 1. The Bertz CT molecular complexity index is 642. The lowest BCUT2D eigenvalue weighted by atomic mass is 9.99. The van der Waals surface area contributed by atoms with E-state index < -0.39 is 0 Å². The third-order valence-corrected chi connectivity index (χ3v) is 3.47. The van der Waals surface area contributed by atoms with Crippen molar-refractivity contribution in [3.63, 3.8) is 0 Å². The van der Waals surface area contributed by atoms with Gasteiger partial charge in [-0.05, 0) is 51.3 Å². The topological polar surface area (TPSA) is 37.8 Å². The zero-order chi connectivity index (χ0) is 15.6. The first kappa shape index (κ1) is 15.4. The van der Waals surface area contributed by atoms with Crippen molar-refractivity contribution in [3.05, 3.63) is 40.5 Å². The van der Waals surface area contributed by atoms with Crippen LogP contribution in [0.25, 0.3) is 11.3 Å². The minimum Gasteiger partial charge on any atom is -0.370 e. The summed E-state index contributed by atoms with van der Waals surface area (Å²) >= 11 is 0. The fourth-order valence-corrected chi connectivity index (χ4v) is 2.50. The lowest BCUT2D eigenvalue weighted by Crippen LogP contribution is -2.08. The summed E-state index contributed by atoms with van der Waals surface area (Å²) in [5, 5.41) is 3.29. The van der Waals surface area contributed by atoms with Crippen LogP contribution in [0.2, 0.25) is 0 Å². The number of halogens is 1. The van der Waals surface area contributed by atoms with Crippen LogP contribution in [0.15, 0.2) is 12.1 Å². The number of hydrogen-bond acceptors (Lipinski definition) is 3. The molecule has 0 bridgehead atoms. The van der Waals surface area contributed by atoms with Crippen molar-refractivity contribution < 1.29 is 4.39 Å². The molecule has 0 fully saturated rings. The zero-order valence-corrected chi connectivity index (χ0v) is 13.3. The SMILES string of the molecule is CCCNc1nc(C)nc(-c2c(C)cc(C)cc2F)c1C. The van der Waals surface area contributed by atoms with Gasteiger partial charge in [-0.2, -0.15) is 0 Å². The molecule has 0 amide bonds. The van der Waals surface area contributed by atoms with E-state index in [-0.39, 0.29) is 5.82 Å². The maximum Gasteiger partial charge on any atom is 0.133 e. The molecule has 0 unspecified atom stereocenters. The van der Waals surface area contributed by atoms with E-state index in [1.807, 2.05) is 33.8 Å². The smallest absolute Gasteiger partial charge is 0.133 e. The van der Waals surface area contributed by atoms with Gasteiger partial charge >= 0.3 is 0 Å². The van der Waals surface area contributed by atoms with Crippen LogP contribution in [-0.2, 0) is 0 Å². The molecule has 0 saturated carbocycles. The van der Waals surface area contributed by atoms with Crippen LogP contribution in [0.3, 0.4) is 0 Å². The predicted octanol–water partition coefficient (Wildman–Crippen LogP) is 4.34. The highest BCUT2D eigenvalue weighted by atomic mass is 19.1. The van der Waals surface area contributed by atoms with Gasteiger partial charge < -0.3 is 5.32 Å². The molecule has 1 aromatic heterocycles. The van der Waals surface area contributed by atoms with Crippen molar-refractivity contribution in [3.8, 4) is 11.3 Å². The van der Waals surface area contributed by atoms with E-state index >= 15 is 0 Å². The van der Waals surface area contributed by atoms with Crippen molar-refractivity contribution in [1.29, 1.82) is 0 Å². The van der Waals surface area contributed by atoms with E-state index in [0.29, 0.717) is 17.1 Å². The van der Waals surface area contributed by atoms with E-state index in [2.05, 4.69) is 22.2 Å². The fraction of sp³-hybridized carbons (Fsp3) is 0.412. The summed E-state index contributed by atoms with van der Waals surface area (Å²) in [5.74, 6) is 1.21. The monoisotopic (exact) mass is 287 g/mol. The molecule has 1 heterocycles. The van der Waals surface area contributed by atoms with Gasteiger partial charge in [-0.15, -0.1) is 0 Å². The summed E-state index contributed by atoms with van der Waals surface area (Å²) in [7, 11) is 0. The second-order valence-corrected chi connectivity index (χ2v) is 5.46. The maximum atomic E-state index is 14.4. The highest BCUT2D eigenvalue weighted by Crippen LogP contribution is 2.31. The molecule has 3 nitrogen and oxygen atoms in total. The molecule has 1 aromatic carbocycles. The van der Waals surface area contributed by atoms with Crippen LogP contribution in [-0.4, -0.2) is 16.5 Å². The van der Waals surface area contributed by atoms with E-state index in [0.717, 1.165) is 35.5 Å². The number of anilines is 1. The molecule has 21 heavy (non-hydrogen) atoms. The van der Waals surface area contributed by atoms with E-state index in [9.17, 15) is 4.39 Å². The number of hydrogen-bond donors (Lipinski definition) is 1. The van der Waals surface area contributed by atoms with Crippen molar-refractivity contribution in [2.75, 3.05) is 11.9 Å². The number of nitrogens with one attached hydrogen (secondary N) is 1. The van der Waals surface area contributed by atoms with Crippen LogP contribution in [0.1, 0.15) is 35.9 Å². The normalized spacial score (nSPS) is 10.8. The van der Waals surface area contributed by atoms with Gasteiger partial charge in [-0.25, -0.2) is 14.4 Å². The van der Waals surface area contributed by atoms with Crippen molar-refractivity contribution in [2.45, 2.75) is 41.0 Å². The van der Waals surface area contributed by atoms with Crippen molar-refractivity contribution in [2.24, 2.45) is 0 Å². The van der Waals surface area contributed by atoms with Gasteiger partial charge in [0.25, 0.3) is 0 Å². The van der Waals surface area contributed by atoms with Gasteiger partial charge in [0, 0.05) is 17.7 Å². The Labute approximate surface area is 125 Å². The summed E-state index contributed by atoms with van der Waals surface area (Å²) in [6.07, 6.45) is 1.01. The van der Waals surface area contributed by atoms with Gasteiger partial charge in [0.15, 0.2) is 0 Å². The van der Waals surface area contributed by atoms with E-state index in [1.54, 1.807) is 6.07 Å². The molecule has 0 atom stereocenters. The van der Waals surface area contributed by atoms with Crippen molar-refractivity contribution >= 4 is 5.82 Å². The number of aryl methyl sites for hydroxylation is 3. The molecule has 2 rings (SSSR count). The first-order valence-corrected chi connectivity index (χ1v) is 7.30. The highest BCUT2D eigenvalue weighted by Gasteiger charge is 2.16. The first-order chi connectivity index (χ1) is 9.93. The Hall–Kier alpha value is -1.97. The Balaban J connectivity index is 2.61. The van der Waals surface area contributed by atoms with Gasteiger partial charge in [-0.3, -0.25) is 0 Å². The predicted molar refractivity (Wildman–Crippen MR) is 85.2 cm³/mol. The summed E-state index contributed by atoms with van der Waals surface area (Å²) in [4.78, 5) is 8.90. The Morgan fingerprint density at radius 1 is 1.10 bits per heavy atom. The van der Waals surface area contributed by atoms with Gasteiger partial charge in [0.05, 0.1) is 5.69 Å². The Morgan fingerprint density at radius 3 is 2.43 bits per heavy atom. The lowest BCUT2D eigenvalue weighted by molar-refractivity contribution is 0.628. The summed E-state index contributed by atoms with van der Waals surface area (Å²) in [6, 6.07) is 3.53. The molecule has 0 aliphatic heterocycles. The number of nitrogens with zero attached hydrogens (tertiary/aromatic N) is 2. The van der Waals surface area contributed by atoms with Crippen LogP contribution >= 0.6 is 0 Å². The second kappa shape index (κ2) is 6.20. The molecule has 1 N–H and O–H groups in total. The molecule has 0 aliphatic rings. The first-order valence-electron chi connectivity index (χ1n) is 7.30. The maximum absolute atomic E-state index is 14.4. The zero-order valence-electron chi connectivity index (χ0n) is 13.3. The third-order valence-electron chi connectivity index (χ3n) is 3.47. The van der Waals surface area contributed by atoms with Gasteiger partial charge in [0.1, 0.15) is 17.5 Å². The van der Waals surface area contributed by atoms with E-state index in [1.165, 1.54) is 0 Å². The van der Waals surface area contributed by atoms with Crippen LogP contribution in [0, 0.1) is 33.5 Å². The van der Waals surface area contributed by atoms with Crippen LogP contribution in [0.5, 0.6) is 0 Å². The quantitative estimate of drug-likeness (QED) is 0.909. The molecule has 0 aliphatic carbocycles. The number of aromatic nitrogens is 2. The largest absolute Gasteiger partial charge is 0.370 e. The molecule has 4 heteroatoms. The molecule has 0 saturated heterocycles. The summed E-state index contributed by atoms with van der Waals surface area (Å²) < 4.78 is 14.4. The average Bonchev–Trinajstić information content (AvgIpc) is 2.39. The summed E-state index contributed by atoms with van der Waals surface area (Å²) in [6.45, 7) is 10.5. The fourth-order valence-electron chi connectivity index (χ4n) is 2.50.